The van der Waals surface area contributed by atoms with Gasteiger partial charge in [-0.05, 0) is 25.5 Å². The van der Waals surface area contributed by atoms with E-state index in [9.17, 15) is 0 Å². The first kappa shape index (κ1) is 16.7. The molecule has 6 nitrogen and oxygen atoms in total. The molecule has 134 valence electrons. The molecule has 1 aromatic carbocycles. The number of hydrogen-bond donors (Lipinski definition) is 3. The van der Waals surface area contributed by atoms with Crippen LogP contribution in [0.1, 0.15) is 41.2 Å². The summed E-state index contributed by atoms with van der Waals surface area (Å²) in [4.78, 5) is 9.78. The highest BCUT2D eigenvalue weighted by molar-refractivity contribution is 5.49. The Morgan fingerprint density at radius 3 is 2.77 bits per heavy atom. The average molecular weight is 348 g/mol. The molecule has 4 rings (SSSR count). The molecule has 6 heteroatoms. The number of benzene rings is 1. The highest BCUT2D eigenvalue weighted by atomic mass is 15.1. The van der Waals surface area contributed by atoms with E-state index in [4.69, 9.17) is 9.97 Å². The van der Waals surface area contributed by atoms with Crippen molar-refractivity contribution in [1.29, 1.82) is 0 Å². The van der Waals surface area contributed by atoms with Gasteiger partial charge in [-0.25, -0.2) is 9.97 Å². The topological polar surface area (TPSA) is 78.5 Å². The van der Waals surface area contributed by atoms with Gasteiger partial charge in [0.1, 0.15) is 11.6 Å². The largest absolute Gasteiger partial charge is 0.363 e. The number of H-pyrrole nitrogens is 1. The Bertz CT molecular complexity index is 844. The standard InChI is InChI=1S/C20H24N6/c1-14(16-12-22-23-13-16)24-20-17-7-9-21-10-8-18(17)25-19(26-20)11-15-5-3-2-4-6-15/h2-6,12-14,21H,7-11H2,1H3,(H,22,23)(H,24,25,26). The molecule has 0 spiro atoms. The van der Waals surface area contributed by atoms with Crippen molar-refractivity contribution >= 4 is 5.82 Å². The Kier molecular flexibility index (Phi) is 4.93. The van der Waals surface area contributed by atoms with Crippen LogP contribution in [-0.4, -0.2) is 33.3 Å². The molecule has 26 heavy (non-hydrogen) atoms. The molecule has 2 aromatic heterocycles. The molecule has 0 saturated heterocycles. The monoisotopic (exact) mass is 348 g/mol. The molecule has 1 atom stereocenters. The summed E-state index contributed by atoms with van der Waals surface area (Å²) >= 11 is 0. The normalized spacial score (nSPS) is 15.1. The van der Waals surface area contributed by atoms with Gasteiger partial charge in [0.25, 0.3) is 0 Å². The maximum absolute atomic E-state index is 4.89. The number of anilines is 1. The van der Waals surface area contributed by atoms with Crippen LogP contribution in [0.25, 0.3) is 0 Å². The smallest absolute Gasteiger partial charge is 0.135 e. The molecule has 3 N–H and O–H groups in total. The summed E-state index contributed by atoms with van der Waals surface area (Å²) in [5.74, 6) is 1.83. The summed E-state index contributed by atoms with van der Waals surface area (Å²) in [5.41, 5.74) is 4.75. The van der Waals surface area contributed by atoms with Gasteiger partial charge < -0.3 is 10.6 Å². The Morgan fingerprint density at radius 1 is 1.12 bits per heavy atom. The predicted molar refractivity (Wildman–Crippen MR) is 102 cm³/mol. The Balaban J connectivity index is 1.67. The molecule has 3 heterocycles. The molecule has 1 aliphatic rings. The molecule has 1 aliphatic heterocycles. The van der Waals surface area contributed by atoms with Crippen LogP contribution >= 0.6 is 0 Å². The maximum atomic E-state index is 4.89. The van der Waals surface area contributed by atoms with Crippen molar-refractivity contribution in [2.75, 3.05) is 18.4 Å². The molecular formula is C20H24N6. The van der Waals surface area contributed by atoms with Crippen LogP contribution in [0.3, 0.4) is 0 Å². The highest BCUT2D eigenvalue weighted by Gasteiger charge is 2.18. The van der Waals surface area contributed by atoms with E-state index < -0.39 is 0 Å². The van der Waals surface area contributed by atoms with E-state index in [2.05, 4.69) is 52.0 Å². The molecule has 1 unspecified atom stereocenters. The van der Waals surface area contributed by atoms with Crippen molar-refractivity contribution in [3.8, 4) is 0 Å². The van der Waals surface area contributed by atoms with E-state index in [-0.39, 0.29) is 6.04 Å². The van der Waals surface area contributed by atoms with Crippen molar-refractivity contribution in [2.45, 2.75) is 32.2 Å². The van der Waals surface area contributed by atoms with Crippen LogP contribution in [0, 0.1) is 0 Å². The number of hydrogen-bond acceptors (Lipinski definition) is 5. The first-order chi connectivity index (χ1) is 12.8. The van der Waals surface area contributed by atoms with Gasteiger partial charge in [-0.2, -0.15) is 5.10 Å². The number of aromatic nitrogens is 4. The van der Waals surface area contributed by atoms with Gasteiger partial charge in [-0.15, -0.1) is 0 Å². The molecule has 3 aromatic rings. The van der Waals surface area contributed by atoms with Gasteiger partial charge in [0.2, 0.25) is 0 Å². The zero-order chi connectivity index (χ0) is 17.8. The Hall–Kier alpha value is -2.73. The number of rotatable bonds is 5. The summed E-state index contributed by atoms with van der Waals surface area (Å²) in [7, 11) is 0. The zero-order valence-corrected chi connectivity index (χ0v) is 15.0. The lowest BCUT2D eigenvalue weighted by molar-refractivity contribution is 0.708. The SMILES string of the molecule is CC(Nc1nc(Cc2ccccc2)nc2c1CCNCC2)c1cn[nH]c1. The molecule has 0 radical (unpaired) electrons. The average Bonchev–Trinajstić information content (AvgIpc) is 3.09. The van der Waals surface area contributed by atoms with Crippen LogP contribution in [-0.2, 0) is 19.3 Å². The number of fused-ring (bicyclic) bond motifs is 1. The third-order valence-electron chi connectivity index (χ3n) is 4.81. The van der Waals surface area contributed by atoms with Crippen molar-refractivity contribution in [1.82, 2.24) is 25.5 Å². The van der Waals surface area contributed by atoms with Crippen molar-refractivity contribution in [3.05, 3.63) is 70.9 Å². The minimum atomic E-state index is 0.133. The number of nitrogens with zero attached hydrogens (tertiary/aromatic N) is 3. The van der Waals surface area contributed by atoms with Crippen molar-refractivity contribution in [2.24, 2.45) is 0 Å². The van der Waals surface area contributed by atoms with E-state index >= 15 is 0 Å². The second-order valence-electron chi connectivity index (χ2n) is 6.72. The van der Waals surface area contributed by atoms with Crippen LogP contribution < -0.4 is 10.6 Å². The van der Waals surface area contributed by atoms with Gasteiger partial charge >= 0.3 is 0 Å². The molecule has 0 bridgehead atoms. The third kappa shape index (κ3) is 3.75. The number of aromatic amines is 1. The highest BCUT2D eigenvalue weighted by Crippen LogP contribution is 2.25. The van der Waals surface area contributed by atoms with E-state index in [0.717, 1.165) is 55.3 Å². The minimum absolute atomic E-state index is 0.133. The van der Waals surface area contributed by atoms with E-state index in [1.165, 1.54) is 11.1 Å². The first-order valence-corrected chi connectivity index (χ1v) is 9.18. The van der Waals surface area contributed by atoms with Crippen LogP contribution in [0.2, 0.25) is 0 Å². The van der Waals surface area contributed by atoms with Gasteiger partial charge in [-0.3, -0.25) is 5.10 Å². The fraction of sp³-hybridized carbons (Fsp3) is 0.350. The van der Waals surface area contributed by atoms with Gasteiger partial charge in [0.15, 0.2) is 0 Å². The fourth-order valence-corrected chi connectivity index (χ4v) is 3.36. The Morgan fingerprint density at radius 2 is 1.96 bits per heavy atom. The van der Waals surface area contributed by atoms with Crippen molar-refractivity contribution < 1.29 is 0 Å². The molecule has 0 amide bonds. The first-order valence-electron chi connectivity index (χ1n) is 9.18. The molecule has 0 saturated carbocycles. The quantitative estimate of drug-likeness (QED) is 0.661. The summed E-state index contributed by atoms with van der Waals surface area (Å²) in [5, 5.41) is 14.0. The Labute approximate surface area is 153 Å². The summed E-state index contributed by atoms with van der Waals surface area (Å²) in [6.07, 6.45) is 6.40. The summed E-state index contributed by atoms with van der Waals surface area (Å²) < 4.78 is 0. The van der Waals surface area contributed by atoms with Gasteiger partial charge in [-0.1, -0.05) is 30.3 Å². The molecular weight excluding hydrogens is 324 g/mol. The maximum Gasteiger partial charge on any atom is 0.135 e. The summed E-state index contributed by atoms with van der Waals surface area (Å²) in [6, 6.07) is 10.5. The lowest BCUT2D eigenvalue weighted by atomic mass is 10.1. The van der Waals surface area contributed by atoms with Crippen LogP contribution in [0.5, 0.6) is 0 Å². The van der Waals surface area contributed by atoms with Crippen LogP contribution in [0.15, 0.2) is 42.7 Å². The second kappa shape index (κ2) is 7.66. The van der Waals surface area contributed by atoms with E-state index in [0.29, 0.717) is 0 Å². The molecule has 0 aliphatic carbocycles. The van der Waals surface area contributed by atoms with E-state index in [1.807, 2.05) is 18.5 Å². The fourth-order valence-electron chi connectivity index (χ4n) is 3.36. The lowest BCUT2D eigenvalue weighted by Crippen LogP contribution is -2.16. The second-order valence-corrected chi connectivity index (χ2v) is 6.72. The van der Waals surface area contributed by atoms with Gasteiger partial charge in [0, 0.05) is 36.7 Å². The van der Waals surface area contributed by atoms with E-state index in [1.54, 1.807) is 0 Å². The minimum Gasteiger partial charge on any atom is -0.363 e. The summed E-state index contributed by atoms with van der Waals surface area (Å²) in [6.45, 7) is 4.06. The predicted octanol–water partition coefficient (Wildman–Crippen LogP) is 2.65. The number of nitrogens with one attached hydrogen (secondary N) is 3. The lowest BCUT2D eigenvalue weighted by Gasteiger charge is -2.18. The van der Waals surface area contributed by atoms with Gasteiger partial charge in [0.05, 0.1) is 17.9 Å². The zero-order valence-electron chi connectivity index (χ0n) is 15.0. The third-order valence-corrected chi connectivity index (χ3v) is 4.81. The van der Waals surface area contributed by atoms with Crippen LogP contribution in [0.4, 0.5) is 5.82 Å². The van der Waals surface area contributed by atoms with Crippen molar-refractivity contribution in [3.63, 3.8) is 0 Å². The molecule has 0 fully saturated rings.